The molecule has 3 heterocycles. The summed E-state index contributed by atoms with van der Waals surface area (Å²) < 4.78 is 38.3. The van der Waals surface area contributed by atoms with Gasteiger partial charge in [0.1, 0.15) is 11.9 Å². The molecule has 2 atom stereocenters. The van der Waals surface area contributed by atoms with Crippen LogP contribution in [-0.2, 0) is 22.0 Å². The van der Waals surface area contributed by atoms with E-state index in [-0.39, 0.29) is 36.4 Å². The van der Waals surface area contributed by atoms with E-state index in [9.17, 15) is 13.5 Å². The van der Waals surface area contributed by atoms with E-state index in [4.69, 9.17) is 9.26 Å². The number of nitrogens with zero attached hydrogens (tertiary/aromatic N) is 3. The van der Waals surface area contributed by atoms with E-state index in [0.717, 1.165) is 24.2 Å². The Bertz CT molecular complexity index is 1000. The zero-order valence-electron chi connectivity index (χ0n) is 15.0. The zero-order chi connectivity index (χ0) is 18.8. The van der Waals surface area contributed by atoms with Crippen molar-refractivity contribution < 1.29 is 22.8 Å². The van der Waals surface area contributed by atoms with Crippen LogP contribution in [0.3, 0.4) is 0 Å². The number of fused-ring (bicyclic) bond motifs is 1. The molecule has 1 N–H and O–H groups in total. The van der Waals surface area contributed by atoms with E-state index in [1.54, 1.807) is 18.2 Å². The second-order valence-electron chi connectivity index (χ2n) is 7.75. The predicted octanol–water partition coefficient (Wildman–Crippen LogP) is 1.55. The molecule has 2 fully saturated rings. The summed E-state index contributed by atoms with van der Waals surface area (Å²) in [6, 6.07) is 4.93. The zero-order valence-corrected chi connectivity index (χ0v) is 15.8. The van der Waals surface area contributed by atoms with Crippen LogP contribution >= 0.6 is 0 Å². The molecule has 1 saturated heterocycles. The summed E-state index contributed by atoms with van der Waals surface area (Å²) in [5.74, 6) is 1.76. The van der Waals surface area contributed by atoms with Gasteiger partial charge in [-0.15, -0.1) is 0 Å². The van der Waals surface area contributed by atoms with Crippen LogP contribution in [0.2, 0.25) is 0 Å². The molecular weight excluding hydrogens is 370 g/mol. The third kappa shape index (κ3) is 2.84. The first-order chi connectivity index (χ1) is 12.8. The molecule has 0 radical (unpaired) electrons. The minimum absolute atomic E-state index is 0.0491. The Hall–Kier alpha value is -1.97. The molecule has 2 aromatic rings. The molecule has 0 spiro atoms. The van der Waals surface area contributed by atoms with Crippen molar-refractivity contribution in [3.63, 3.8) is 0 Å². The van der Waals surface area contributed by atoms with Crippen molar-refractivity contribution in [3.05, 3.63) is 35.5 Å². The summed E-state index contributed by atoms with van der Waals surface area (Å²) in [5, 5.41) is 14.9. The van der Waals surface area contributed by atoms with Crippen LogP contribution in [0.15, 0.2) is 27.6 Å². The summed E-state index contributed by atoms with van der Waals surface area (Å²) in [4.78, 5) is 4.52. The minimum atomic E-state index is -3.73. The lowest BCUT2D eigenvalue weighted by molar-refractivity contribution is 0.0194. The van der Waals surface area contributed by atoms with Crippen molar-refractivity contribution in [2.75, 3.05) is 13.1 Å². The molecule has 27 heavy (non-hydrogen) atoms. The van der Waals surface area contributed by atoms with Gasteiger partial charge in [-0.1, -0.05) is 5.16 Å². The minimum Gasteiger partial charge on any atom is -0.490 e. The summed E-state index contributed by atoms with van der Waals surface area (Å²) in [5.41, 5.74) is -0.550. The molecule has 5 rings (SSSR count). The second kappa shape index (κ2) is 5.76. The summed E-state index contributed by atoms with van der Waals surface area (Å²) in [6.07, 6.45) is 3.02. The molecule has 1 aromatic heterocycles. The fraction of sp³-hybridized carbons (Fsp3) is 0.556. The average Bonchev–Trinajstić information content (AvgIpc) is 3.05. The number of hydrogen-bond acceptors (Lipinski definition) is 7. The predicted molar refractivity (Wildman–Crippen MR) is 93.8 cm³/mol. The van der Waals surface area contributed by atoms with E-state index < -0.39 is 15.6 Å². The Kier molecular flexibility index (Phi) is 3.66. The van der Waals surface area contributed by atoms with Crippen LogP contribution < -0.4 is 4.74 Å². The number of aromatic nitrogens is 2. The average molecular weight is 391 g/mol. The Balaban J connectivity index is 1.39. The van der Waals surface area contributed by atoms with Crippen LogP contribution in [0.1, 0.15) is 49.4 Å². The molecule has 1 saturated carbocycles. The Morgan fingerprint density at radius 3 is 2.93 bits per heavy atom. The van der Waals surface area contributed by atoms with Gasteiger partial charge >= 0.3 is 0 Å². The van der Waals surface area contributed by atoms with Crippen LogP contribution in [0, 0.1) is 0 Å². The standard InChI is InChI=1S/C18H21N3O5S/c1-11-8-13-9-14(4-5-15(13)25-11)27(23,24)21-7-6-18(22,10-21)17-19-16(20-26-17)12-2-3-12/h4-5,9,11-12,22H,2-3,6-8,10H2,1H3/t11-,18-/m0/s1. The topological polar surface area (TPSA) is 106 Å². The SMILES string of the molecule is C[C@H]1Cc2cc(S(=O)(=O)N3CC[C@@](O)(c4nc(C5CC5)no4)C3)ccc2O1. The van der Waals surface area contributed by atoms with Gasteiger partial charge < -0.3 is 14.4 Å². The molecule has 9 heteroatoms. The monoisotopic (exact) mass is 391 g/mol. The fourth-order valence-electron chi connectivity index (χ4n) is 3.78. The van der Waals surface area contributed by atoms with E-state index in [1.165, 1.54) is 4.31 Å². The molecule has 2 aliphatic heterocycles. The van der Waals surface area contributed by atoms with E-state index in [0.29, 0.717) is 18.2 Å². The van der Waals surface area contributed by atoms with Crippen LogP contribution in [0.4, 0.5) is 0 Å². The van der Waals surface area contributed by atoms with Crippen molar-refractivity contribution >= 4 is 10.0 Å². The van der Waals surface area contributed by atoms with Crippen molar-refractivity contribution in [2.24, 2.45) is 0 Å². The number of sulfonamides is 1. The lowest BCUT2D eigenvalue weighted by Gasteiger charge is -2.20. The molecule has 0 unspecified atom stereocenters. The van der Waals surface area contributed by atoms with Crippen molar-refractivity contribution in [1.82, 2.24) is 14.4 Å². The molecule has 8 nitrogen and oxygen atoms in total. The van der Waals surface area contributed by atoms with Gasteiger partial charge in [0.15, 0.2) is 11.4 Å². The Morgan fingerprint density at radius 1 is 1.33 bits per heavy atom. The lowest BCUT2D eigenvalue weighted by atomic mass is 10.0. The van der Waals surface area contributed by atoms with Gasteiger partial charge in [-0.25, -0.2) is 8.42 Å². The van der Waals surface area contributed by atoms with Crippen molar-refractivity contribution in [3.8, 4) is 5.75 Å². The maximum absolute atomic E-state index is 13.1. The molecule has 1 aliphatic carbocycles. The highest BCUT2D eigenvalue weighted by molar-refractivity contribution is 7.89. The Morgan fingerprint density at radius 2 is 2.15 bits per heavy atom. The van der Waals surface area contributed by atoms with E-state index in [2.05, 4.69) is 10.1 Å². The molecule has 0 bridgehead atoms. The highest BCUT2D eigenvalue weighted by atomic mass is 32.2. The number of rotatable bonds is 4. The highest BCUT2D eigenvalue weighted by Crippen LogP contribution is 2.40. The van der Waals surface area contributed by atoms with E-state index >= 15 is 0 Å². The fourth-order valence-corrected chi connectivity index (χ4v) is 5.32. The van der Waals surface area contributed by atoms with Gasteiger partial charge in [0.2, 0.25) is 10.0 Å². The maximum atomic E-state index is 13.1. The third-order valence-electron chi connectivity index (χ3n) is 5.50. The van der Waals surface area contributed by atoms with Crippen LogP contribution in [0.5, 0.6) is 5.75 Å². The highest BCUT2D eigenvalue weighted by Gasteiger charge is 2.47. The van der Waals surface area contributed by atoms with Crippen molar-refractivity contribution in [1.29, 1.82) is 0 Å². The molecule has 144 valence electrons. The molecular formula is C18H21N3O5S. The molecule has 0 amide bonds. The van der Waals surface area contributed by atoms with Gasteiger partial charge in [0, 0.05) is 25.3 Å². The normalized spacial score (nSPS) is 28.3. The second-order valence-corrected chi connectivity index (χ2v) is 9.69. The van der Waals surface area contributed by atoms with E-state index in [1.807, 2.05) is 6.92 Å². The first-order valence-corrected chi connectivity index (χ1v) is 10.7. The largest absolute Gasteiger partial charge is 0.490 e. The first kappa shape index (κ1) is 17.2. The molecule has 1 aromatic carbocycles. The summed E-state index contributed by atoms with van der Waals surface area (Å²) >= 11 is 0. The number of ether oxygens (including phenoxy) is 1. The van der Waals surface area contributed by atoms with Gasteiger partial charge in [0.05, 0.1) is 11.4 Å². The van der Waals surface area contributed by atoms with Gasteiger partial charge in [-0.3, -0.25) is 0 Å². The van der Waals surface area contributed by atoms with Gasteiger partial charge in [0.25, 0.3) is 5.89 Å². The number of hydrogen-bond donors (Lipinski definition) is 1. The lowest BCUT2D eigenvalue weighted by Crippen LogP contribution is -2.34. The number of aliphatic hydroxyl groups is 1. The first-order valence-electron chi connectivity index (χ1n) is 9.21. The smallest absolute Gasteiger partial charge is 0.260 e. The number of β-amino-alcohol motifs (C(OH)–C–C–N with tert-alkyl or cyclic N) is 1. The summed E-state index contributed by atoms with van der Waals surface area (Å²) in [6.45, 7) is 2.06. The maximum Gasteiger partial charge on any atom is 0.260 e. The summed E-state index contributed by atoms with van der Waals surface area (Å²) in [7, 11) is -3.73. The Labute approximate surface area is 157 Å². The van der Waals surface area contributed by atoms with Gasteiger partial charge in [-0.05, 0) is 43.5 Å². The third-order valence-corrected chi connectivity index (χ3v) is 7.34. The van der Waals surface area contributed by atoms with Crippen molar-refractivity contribution in [2.45, 2.75) is 55.1 Å². The van der Waals surface area contributed by atoms with Gasteiger partial charge in [-0.2, -0.15) is 9.29 Å². The molecule has 3 aliphatic rings. The van der Waals surface area contributed by atoms with Crippen LogP contribution in [0.25, 0.3) is 0 Å². The van der Waals surface area contributed by atoms with Crippen LogP contribution in [-0.4, -0.2) is 47.2 Å². The quantitative estimate of drug-likeness (QED) is 0.843. The number of benzene rings is 1.